The van der Waals surface area contributed by atoms with Crippen LogP contribution in [-0.4, -0.2) is 43.8 Å². The van der Waals surface area contributed by atoms with Gasteiger partial charge in [0.15, 0.2) is 5.11 Å². The fourth-order valence-corrected chi connectivity index (χ4v) is 5.04. The first-order chi connectivity index (χ1) is 15.2. The molecular weight excluding hydrogens is 446 g/mol. The van der Waals surface area contributed by atoms with Gasteiger partial charge < -0.3 is 15.0 Å². The van der Waals surface area contributed by atoms with Crippen molar-refractivity contribution in [2.75, 3.05) is 24.1 Å². The van der Waals surface area contributed by atoms with Gasteiger partial charge in [-0.3, -0.25) is 4.72 Å². The van der Waals surface area contributed by atoms with E-state index < -0.39 is 22.0 Å². The van der Waals surface area contributed by atoms with E-state index in [1.54, 1.807) is 43.1 Å². The lowest BCUT2D eigenvalue weighted by atomic mass is 9.95. The lowest BCUT2D eigenvalue weighted by Gasteiger charge is -2.35. The Bertz CT molecular complexity index is 927. The predicted molar refractivity (Wildman–Crippen MR) is 133 cm³/mol. The molecule has 1 aliphatic rings. The first kappa shape index (κ1) is 26.1. The summed E-state index contributed by atoms with van der Waals surface area (Å²) in [7, 11) is -1.60. The summed E-state index contributed by atoms with van der Waals surface area (Å²) in [6.45, 7) is 6.03. The van der Waals surface area contributed by atoms with Crippen molar-refractivity contribution < 1.29 is 17.9 Å². The first-order valence-corrected chi connectivity index (χ1v) is 13.3. The van der Waals surface area contributed by atoms with Gasteiger partial charge in [-0.25, -0.2) is 13.2 Å². The van der Waals surface area contributed by atoms with Crippen molar-refractivity contribution in [2.24, 2.45) is 0 Å². The van der Waals surface area contributed by atoms with E-state index in [9.17, 15) is 13.2 Å². The van der Waals surface area contributed by atoms with Crippen LogP contribution in [0.5, 0.6) is 0 Å². The molecule has 1 aliphatic heterocycles. The van der Waals surface area contributed by atoms with Gasteiger partial charge >= 0.3 is 5.97 Å². The van der Waals surface area contributed by atoms with Crippen LogP contribution < -0.4 is 10.0 Å². The Balaban J connectivity index is 2.08. The van der Waals surface area contributed by atoms with Crippen LogP contribution in [0.4, 0.5) is 5.69 Å². The molecule has 178 valence electrons. The highest BCUT2D eigenvalue weighted by Crippen LogP contribution is 2.31. The third-order valence-electron chi connectivity index (χ3n) is 5.53. The van der Waals surface area contributed by atoms with Crippen molar-refractivity contribution in [3.05, 3.63) is 41.1 Å². The molecule has 0 amide bonds. The number of rotatable bonds is 12. The average molecular weight is 482 g/mol. The number of ether oxygens (including phenoxy) is 1. The largest absolute Gasteiger partial charge is 0.463 e. The predicted octanol–water partition coefficient (Wildman–Crippen LogP) is 4.49. The van der Waals surface area contributed by atoms with Crippen molar-refractivity contribution >= 4 is 39.0 Å². The number of nitrogens with one attached hydrogen (secondary N) is 2. The van der Waals surface area contributed by atoms with E-state index in [-0.39, 0.29) is 12.4 Å². The normalized spacial score (nSPS) is 16.7. The summed E-state index contributed by atoms with van der Waals surface area (Å²) in [6.07, 6.45) is 6.16. The van der Waals surface area contributed by atoms with Gasteiger partial charge in [-0.15, -0.1) is 0 Å². The summed E-state index contributed by atoms with van der Waals surface area (Å²) >= 11 is 5.39. The fourth-order valence-electron chi connectivity index (χ4n) is 3.61. The van der Waals surface area contributed by atoms with E-state index in [0.717, 1.165) is 30.5 Å². The van der Waals surface area contributed by atoms with Crippen LogP contribution in [0, 0.1) is 0 Å². The molecule has 0 aromatic heterocycles. The Kier molecular flexibility index (Phi) is 9.96. The molecule has 1 aromatic rings. The Morgan fingerprint density at radius 3 is 2.38 bits per heavy atom. The van der Waals surface area contributed by atoms with Gasteiger partial charge in [-0.2, -0.15) is 0 Å². The zero-order valence-corrected chi connectivity index (χ0v) is 21.1. The standard InChI is InChI=1S/C23H35N3O4S2/c1-5-7-8-9-10-11-16-32(28,29)25-19-14-12-18(13-15-19)21-20(22(27)30-6-2)17(3)26(4)23(31)24-21/h12-15,21,25H,5-11,16H2,1-4H3,(H,24,31). The van der Waals surface area contributed by atoms with Gasteiger partial charge in [0, 0.05) is 18.4 Å². The molecule has 0 bridgehead atoms. The van der Waals surface area contributed by atoms with Crippen LogP contribution >= 0.6 is 12.2 Å². The summed E-state index contributed by atoms with van der Waals surface area (Å²) in [5.41, 5.74) is 2.50. The van der Waals surface area contributed by atoms with Gasteiger partial charge in [-0.05, 0) is 50.2 Å². The quantitative estimate of drug-likeness (QED) is 0.258. The van der Waals surface area contributed by atoms with Gasteiger partial charge in [-0.1, -0.05) is 51.2 Å². The number of hydrogen-bond acceptors (Lipinski definition) is 5. The highest BCUT2D eigenvalue weighted by atomic mass is 32.2. The number of thiocarbonyl (C=S) groups is 1. The van der Waals surface area contributed by atoms with Crippen LogP contribution in [0.1, 0.15) is 70.9 Å². The number of nitrogens with zero attached hydrogens (tertiary/aromatic N) is 1. The molecule has 1 aromatic carbocycles. The fraction of sp³-hybridized carbons (Fsp3) is 0.565. The van der Waals surface area contributed by atoms with Crippen molar-refractivity contribution in [2.45, 2.75) is 65.3 Å². The molecular formula is C23H35N3O4S2. The minimum Gasteiger partial charge on any atom is -0.463 e. The summed E-state index contributed by atoms with van der Waals surface area (Å²) in [5.74, 6) is -0.291. The number of esters is 1. The number of anilines is 1. The lowest BCUT2D eigenvalue weighted by Crippen LogP contribution is -2.46. The molecule has 2 N–H and O–H groups in total. The monoisotopic (exact) mass is 481 g/mol. The Labute approximate surface area is 197 Å². The maximum atomic E-state index is 12.6. The summed E-state index contributed by atoms with van der Waals surface area (Å²) in [6, 6.07) is 6.53. The maximum Gasteiger partial charge on any atom is 0.338 e. The molecule has 0 fully saturated rings. The maximum absolute atomic E-state index is 12.6. The van der Waals surface area contributed by atoms with E-state index in [4.69, 9.17) is 17.0 Å². The second-order valence-corrected chi connectivity index (χ2v) is 10.2. The van der Waals surface area contributed by atoms with Crippen LogP contribution in [0.2, 0.25) is 0 Å². The molecule has 1 atom stereocenters. The van der Waals surface area contributed by atoms with E-state index in [2.05, 4.69) is 17.0 Å². The van der Waals surface area contributed by atoms with Crippen molar-refractivity contribution in [3.63, 3.8) is 0 Å². The van der Waals surface area contributed by atoms with Crippen LogP contribution in [-0.2, 0) is 19.6 Å². The van der Waals surface area contributed by atoms with Crippen LogP contribution in [0.25, 0.3) is 0 Å². The SMILES string of the molecule is CCCCCCCCS(=O)(=O)Nc1ccc(C2NC(=S)N(C)C(C)=C2C(=O)OCC)cc1. The van der Waals surface area contributed by atoms with Crippen LogP contribution in [0.3, 0.4) is 0 Å². The van der Waals surface area contributed by atoms with E-state index in [0.29, 0.717) is 22.8 Å². The van der Waals surface area contributed by atoms with Crippen molar-refractivity contribution in [1.29, 1.82) is 0 Å². The number of allylic oxidation sites excluding steroid dienone is 1. The number of unbranched alkanes of at least 4 members (excludes halogenated alkanes) is 5. The Hall–Kier alpha value is -2.13. The molecule has 0 saturated heterocycles. The van der Waals surface area contributed by atoms with Crippen LogP contribution in [0.15, 0.2) is 35.5 Å². The van der Waals surface area contributed by atoms with Gasteiger partial charge in [0.2, 0.25) is 10.0 Å². The Morgan fingerprint density at radius 1 is 1.12 bits per heavy atom. The van der Waals surface area contributed by atoms with Gasteiger partial charge in [0.25, 0.3) is 0 Å². The average Bonchev–Trinajstić information content (AvgIpc) is 2.74. The summed E-state index contributed by atoms with van der Waals surface area (Å²) in [5, 5.41) is 3.68. The van der Waals surface area contributed by atoms with E-state index in [1.165, 1.54) is 12.8 Å². The summed E-state index contributed by atoms with van der Waals surface area (Å²) in [4.78, 5) is 14.3. The molecule has 0 saturated carbocycles. The second kappa shape index (κ2) is 12.2. The third-order valence-corrected chi connectivity index (χ3v) is 7.30. The smallest absolute Gasteiger partial charge is 0.338 e. The molecule has 9 heteroatoms. The zero-order valence-electron chi connectivity index (χ0n) is 19.4. The Morgan fingerprint density at radius 2 is 1.75 bits per heavy atom. The number of carbonyl (C=O) groups is 1. The lowest BCUT2D eigenvalue weighted by molar-refractivity contribution is -0.139. The molecule has 7 nitrogen and oxygen atoms in total. The molecule has 1 unspecified atom stereocenters. The topological polar surface area (TPSA) is 87.7 Å². The van der Waals surface area contributed by atoms with Crippen molar-refractivity contribution in [3.8, 4) is 0 Å². The summed E-state index contributed by atoms with van der Waals surface area (Å²) < 4.78 is 32.7. The minimum atomic E-state index is -3.40. The molecule has 32 heavy (non-hydrogen) atoms. The third kappa shape index (κ3) is 7.20. The highest BCUT2D eigenvalue weighted by Gasteiger charge is 2.33. The first-order valence-electron chi connectivity index (χ1n) is 11.2. The minimum absolute atomic E-state index is 0.112. The number of sulfonamides is 1. The number of carbonyl (C=O) groups excluding carboxylic acids is 1. The molecule has 0 aliphatic carbocycles. The van der Waals surface area contributed by atoms with Gasteiger partial charge in [0.05, 0.1) is 24.0 Å². The van der Waals surface area contributed by atoms with E-state index in [1.807, 2.05) is 6.92 Å². The highest BCUT2D eigenvalue weighted by molar-refractivity contribution is 7.92. The molecule has 2 rings (SSSR count). The van der Waals surface area contributed by atoms with E-state index >= 15 is 0 Å². The number of hydrogen-bond donors (Lipinski definition) is 2. The molecule has 0 spiro atoms. The second-order valence-electron chi connectivity index (χ2n) is 7.97. The number of benzene rings is 1. The zero-order chi connectivity index (χ0) is 23.7. The molecule has 0 radical (unpaired) electrons. The molecule has 1 heterocycles. The van der Waals surface area contributed by atoms with Crippen molar-refractivity contribution in [1.82, 2.24) is 10.2 Å². The van der Waals surface area contributed by atoms with Gasteiger partial charge in [0.1, 0.15) is 0 Å².